The van der Waals surface area contributed by atoms with Crippen LogP contribution in [-0.4, -0.2) is 14.8 Å². The number of benzene rings is 3. The van der Waals surface area contributed by atoms with Gasteiger partial charge >= 0.3 is 0 Å². The summed E-state index contributed by atoms with van der Waals surface area (Å²) < 4.78 is 2.31. The zero-order valence-electron chi connectivity index (χ0n) is 28.0. The van der Waals surface area contributed by atoms with Crippen molar-refractivity contribution < 1.29 is 0 Å². The number of aromatic nitrogens is 3. The molecule has 0 radical (unpaired) electrons. The van der Waals surface area contributed by atoms with Crippen LogP contribution in [0.3, 0.4) is 0 Å². The van der Waals surface area contributed by atoms with Gasteiger partial charge in [0.25, 0.3) is 0 Å². The van der Waals surface area contributed by atoms with Gasteiger partial charge in [-0.05, 0) is 88.1 Å². The van der Waals surface area contributed by atoms with E-state index >= 15 is 0 Å². The minimum absolute atomic E-state index is 0.0147. The fourth-order valence-electron chi connectivity index (χ4n) is 5.48. The first-order chi connectivity index (χ1) is 18.7. The number of rotatable bonds is 4. The Bertz CT molecular complexity index is 1550. The van der Waals surface area contributed by atoms with Gasteiger partial charge in [0.1, 0.15) is 5.82 Å². The van der Waals surface area contributed by atoms with Gasteiger partial charge in [-0.3, -0.25) is 4.57 Å². The van der Waals surface area contributed by atoms with Gasteiger partial charge in [0, 0.05) is 11.0 Å². The topological polar surface area (TPSA) is 30.7 Å². The molecule has 3 aromatic carbocycles. The van der Waals surface area contributed by atoms with E-state index in [1.165, 1.54) is 38.9 Å². The third-order valence-electron chi connectivity index (χ3n) is 9.21. The monoisotopic (exact) mass is 549 g/mol. The van der Waals surface area contributed by atoms with E-state index in [9.17, 15) is 0 Å². The van der Waals surface area contributed by atoms with Gasteiger partial charge in [-0.25, -0.2) is 0 Å². The summed E-state index contributed by atoms with van der Waals surface area (Å²) in [5.74, 6) is 1.87. The fraction of sp³-hybridized carbons (Fsp3) is 0.474. The molecule has 0 saturated heterocycles. The van der Waals surface area contributed by atoms with E-state index in [1.54, 1.807) is 0 Å². The largest absolute Gasteiger partial charge is 0.278 e. The van der Waals surface area contributed by atoms with E-state index in [4.69, 9.17) is 10.2 Å². The van der Waals surface area contributed by atoms with Crippen LogP contribution in [0.5, 0.6) is 0 Å². The Morgan fingerprint density at radius 2 is 1.10 bits per heavy atom. The molecule has 0 N–H and O–H groups in total. The lowest BCUT2D eigenvalue weighted by molar-refractivity contribution is 0.211. The molecule has 41 heavy (non-hydrogen) atoms. The molecule has 0 aliphatic rings. The van der Waals surface area contributed by atoms with Crippen molar-refractivity contribution in [2.75, 3.05) is 0 Å². The third kappa shape index (κ3) is 5.78. The maximum Gasteiger partial charge on any atom is 0.168 e. The minimum Gasteiger partial charge on any atom is -0.278 e. The molecule has 3 nitrogen and oxygen atoms in total. The Morgan fingerprint density at radius 3 is 1.61 bits per heavy atom. The maximum atomic E-state index is 4.91. The number of hydrogen-bond acceptors (Lipinski definition) is 2. The predicted molar refractivity (Wildman–Crippen MR) is 176 cm³/mol. The summed E-state index contributed by atoms with van der Waals surface area (Å²) in [5, 5.41) is 9.80. The molecule has 1 aromatic heterocycles. The van der Waals surface area contributed by atoms with Gasteiger partial charge in [0.2, 0.25) is 0 Å². The van der Waals surface area contributed by atoms with Gasteiger partial charge in [0.05, 0.1) is 5.69 Å². The van der Waals surface area contributed by atoms with Gasteiger partial charge < -0.3 is 0 Å². The molecule has 1 heterocycles. The normalized spacial score (nSPS) is 13.1. The zero-order chi connectivity index (χ0) is 30.7. The smallest absolute Gasteiger partial charge is 0.168 e. The van der Waals surface area contributed by atoms with E-state index in [0.717, 1.165) is 22.9 Å². The summed E-state index contributed by atoms with van der Waals surface area (Å²) in [4.78, 5) is 0. The van der Waals surface area contributed by atoms with Crippen molar-refractivity contribution in [1.29, 1.82) is 0 Å². The van der Waals surface area contributed by atoms with Gasteiger partial charge in [-0.15, -0.1) is 10.2 Å². The van der Waals surface area contributed by atoms with Crippen LogP contribution in [0.25, 0.3) is 28.2 Å². The molecule has 0 spiro atoms. The fourth-order valence-corrected chi connectivity index (χ4v) is 5.48. The van der Waals surface area contributed by atoms with Crippen LogP contribution in [0.1, 0.15) is 110 Å². The molecule has 0 bridgehead atoms. The average molecular weight is 550 g/mol. The molecular weight excluding hydrogens is 498 g/mol. The van der Waals surface area contributed by atoms with E-state index in [0.29, 0.717) is 0 Å². The van der Waals surface area contributed by atoms with Crippen molar-refractivity contribution in [3.8, 4) is 28.2 Å². The first-order valence-corrected chi connectivity index (χ1v) is 15.0. The Labute approximate surface area is 249 Å². The predicted octanol–water partition coefficient (Wildman–Crippen LogP) is 10.4. The van der Waals surface area contributed by atoms with Crippen molar-refractivity contribution in [2.24, 2.45) is 5.41 Å². The summed E-state index contributed by atoms with van der Waals surface area (Å²) in [6.45, 7) is 31.7. The Kier molecular flexibility index (Phi) is 7.70. The second kappa shape index (κ2) is 10.3. The Morgan fingerprint density at radius 1 is 0.561 bits per heavy atom. The highest BCUT2D eigenvalue weighted by molar-refractivity contribution is 5.76. The lowest BCUT2D eigenvalue weighted by Gasteiger charge is -2.38. The number of hydrogen-bond donors (Lipinski definition) is 0. The van der Waals surface area contributed by atoms with Crippen LogP contribution in [0, 0.1) is 26.2 Å². The second-order valence-electron chi connectivity index (χ2n) is 15.6. The molecule has 4 rings (SSSR count). The number of aryl methyl sites for hydroxylation is 3. The lowest BCUT2D eigenvalue weighted by atomic mass is 9.68. The molecule has 0 saturated carbocycles. The summed E-state index contributed by atoms with van der Waals surface area (Å²) in [6.07, 6.45) is 0. The minimum atomic E-state index is -0.221. The summed E-state index contributed by atoms with van der Waals surface area (Å²) in [7, 11) is 0. The van der Waals surface area contributed by atoms with Crippen LogP contribution in [-0.2, 0) is 16.2 Å². The van der Waals surface area contributed by atoms with Crippen LogP contribution in [0.4, 0.5) is 0 Å². The van der Waals surface area contributed by atoms with Crippen LogP contribution in [0.2, 0.25) is 0 Å². The van der Waals surface area contributed by atoms with Crippen molar-refractivity contribution in [3.05, 3.63) is 88.2 Å². The molecule has 0 atom stereocenters. The second-order valence-corrected chi connectivity index (χ2v) is 15.6. The Balaban J connectivity index is 1.96. The molecule has 0 aliphatic carbocycles. The van der Waals surface area contributed by atoms with Crippen LogP contribution < -0.4 is 0 Å². The zero-order valence-corrected chi connectivity index (χ0v) is 28.0. The first kappa shape index (κ1) is 30.8. The standard InChI is InChI=1S/C38H51N3/c1-24-20-29(35(4,5)6)18-19-31(24)41-33(39-40-34(41)38(13,14)37(10,11)12)28-17-15-16-27(23-28)32-25(2)21-30(22-26(32)3)36(7,8)9/h15-23H,1-14H3. The summed E-state index contributed by atoms with van der Waals surface area (Å²) in [6, 6.07) is 20.4. The average Bonchev–Trinajstić information content (AvgIpc) is 3.27. The third-order valence-corrected chi connectivity index (χ3v) is 9.21. The summed E-state index contributed by atoms with van der Waals surface area (Å²) >= 11 is 0. The van der Waals surface area contributed by atoms with Gasteiger partial charge in [0.15, 0.2) is 5.82 Å². The van der Waals surface area contributed by atoms with E-state index < -0.39 is 0 Å². The molecule has 3 heteroatoms. The van der Waals surface area contributed by atoms with Gasteiger partial charge in [-0.1, -0.05) is 119 Å². The van der Waals surface area contributed by atoms with Crippen molar-refractivity contribution in [3.63, 3.8) is 0 Å². The highest BCUT2D eigenvalue weighted by atomic mass is 15.3. The van der Waals surface area contributed by atoms with Crippen molar-refractivity contribution >= 4 is 0 Å². The highest BCUT2D eigenvalue weighted by Gasteiger charge is 2.40. The van der Waals surface area contributed by atoms with E-state index in [2.05, 4.69) is 156 Å². The van der Waals surface area contributed by atoms with Crippen LogP contribution in [0.15, 0.2) is 54.6 Å². The van der Waals surface area contributed by atoms with Crippen molar-refractivity contribution in [2.45, 2.75) is 113 Å². The maximum absolute atomic E-state index is 4.91. The lowest BCUT2D eigenvalue weighted by Crippen LogP contribution is -2.36. The molecule has 0 fully saturated rings. The quantitative estimate of drug-likeness (QED) is 0.253. The number of nitrogens with zero attached hydrogens (tertiary/aromatic N) is 3. The molecule has 218 valence electrons. The SMILES string of the molecule is Cc1cc(C(C)(C)C)ccc1-n1c(-c2cccc(-c3c(C)cc(C(C)(C)C)cc3C)c2)nnc1C(C)(C)C(C)(C)C. The molecule has 0 amide bonds. The molecule has 0 aliphatic heterocycles. The molecule has 4 aromatic rings. The van der Waals surface area contributed by atoms with Crippen molar-refractivity contribution in [1.82, 2.24) is 14.8 Å². The van der Waals surface area contributed by atoms with E-state index in [-0.39, 0.29) is 21.7 Å². The Hall–Kier alpha value is -3.20. The van der Waals surface area contributed by atoms with Crippen LogP contribution >= 0.6 is 0 Å². The van der Waals surface area contributed by atoms with E-state index in [1.807, 2.05) is 0 Å². The molecule has 0 unspecified atom stereocenters. The first-order valence-electron chi connectivity index (χ1n) is 15.0. The molecular formula is C38H51N3. The van der Waals surface area contributed by atoms with Gasteiger partial charge in [-0.2, -0.15) is 0 Å². The summed E-state index contributed by atoms with van der Waals surface area (Å²) in [5.41, 5.74) is 11.2. The highest BCUT2D eigenvalue weighted by Crippen LogP contribution is 2.43.